The van der Waals surface area contributed by atoms with E-state index in [1.165, 1.54) is 0 Å². The average molecular weight is 274 g/mol. The summed E-state index contributed by atoms with van der Waals surface area (Å²) in [7, 11) is 0. The molecule has 0 aliphatic heterocycles. The van der Waals surface area contributed by atoms with Gasteiger partial charge in [0, 0.05) is 11.1 Å². The van der Waals surface area contributed by atoms with E-state index in [-0.39, 0.29) is 0 Å². The molecule has 1 heteroatoms. The summed E-state index contributed by atoms with van der Waals surface area (Å²) in [6.45, 7) is 15.3. The van der Waals surface area contributed by atoms with Gasteiger partial charge in [-0.05, 0) is 23.3 Å². The van der Waals surface area contributed by atoms with Crippen LogP contribution in [0.3, 0.4) is 0 Å². The van der Waals surface area contributed by atoms with Crippen LogP contribution in [0.2, 0.25) is 0 Å². The molecule has 0 saturated carbocycles. The Morgan fingerprint density at radius 2 is 1.05 bits per heavy atom. The molecule has 0 fully saturated rings. The number of benzene rings is 2. The van der Waals surface area contributed by atoms with Crippen molar-refractivity contribution in [2.45, 2.75) is 0 Å². The van der Waals surface area contributed by atoms with Crippen molar-refractivity contribution in [1.82, 2.24) is 0 Å². The highest BCUT2D eigenvalue weighted by molar-refractivity contribution is 5.72. The summed E-state index contributed by atoms with van der Waals surface area (Å²) in [6, 6.07) is 11.7. The van der Waals surface area contributed by atoms with E-state index in [0.717, 1.165) is 33.8 Å². The van der Waals surface area contributed by atoms with Crippen LogP contribution in [0.4, 0.5) is 0 Å². The van der Waals surface area contributed by atoms with Gasteiger partial charge in [0.05, 0.1) is 0 Å². The molecule has 21 heavy (non-hydrogen) atoms. The van der Waals surface area contributed by atoms with Crippen molar-refractivity contribution in [3.05, 3.63) is 85.0 Å². The van der Waals surface area contributed by atoms with Crippen LogP contribution in [0.1, 0.15) is 22.3 Å². The van der Waals surface area contributed by atoms with Crippen molar-refractivity contribution in [3.63, 3.8) is 0 Å². The summed E-state index contributed by atoms with van der Waals surface area (Å²) in [6.07, 6.45) is 7.13. The second-order valence-corrected chi connectivity index (χ2v) is 4.44. The normalized spacial score (nSPS) is 9.71. The predicted octanol–water partition coefficient (Wildman–Crippen LogP) is 6.05. The molecule has 0 unspecified atom stereocenters. The molecule has 0 heterocycles. The number of hydrogen-bond donors (Lipinski definition) is 0. The molecule has 0 saturated heterocycles. The van der Waals surface area contributed by atoms with Crippen LogP contribution in [-0.2, 0) is 0 Å². The van der Waals surface area contributed by atoms with Crippen LogP contribution in [0.25, 0.3) is 24.3 Å². The van der Waals surface area contributed by atoms with Crippen molar-refractivity contribution in [2.24, 2.45) is 0 Å². The van der Waals surface area contributed by atoms with Crippen molar-refractivity contribution < 1.29 is 4.74 Å². The van der Waals surface area contributed by atoms with Gasteiger partial charge in [-0.3, -0.25) is 0 Å². The third-order valence-corrected chi connectivity index (χ3v) is 3.27. The fourth-order valence-electron chi connectivity index (χ4n) is 2.21. The number of hydrogen-bond acceptors (Lipinski definition) is 1. The Bertz CT molecular complexity index is 646. The standard InChI is InChI=1S/C20H18O/c1-5-15-11-9-13-19(17(15)7-3)21-20-14-10-12-16(6-2)18(20)8-4/h5-14H,1-4H2. The van der Waals surface area contributed by atoms with Crippen LogP contribution in [0.15, 0.2) is 62.7 Å². The topological polar surface area (TPSA) is 9.23 Å². The van der Waals surface area contributed by atoms with Gasteiger partial charge in [0.25, 0.3) is 0 Å². The van der Waals surface area contributed by atoms with E-state index < -0.39 is 0 Å². The molecule has 0 aliphatic rings. The van der Waals surface area contributed by atoms with Crippen molar-refractivity contribution in [2.75, 3.05) is 0 Å². The zero-order valence-corrected chi connectivity index (χ0v) is 12.0. The first-order chi connectivity index (χ1) is 10.2. The fourth-order valence-corrected chi connectivity index (χ4v) is 2.21. The van der Waals surface area contributed by atoms with Crippen molar-refractivity contribution in [3.8, 4) is 11.5 Å². The molecule has 2 rings (SSSR count). The maximum atomic E-state index is 6.07. The van der Waals surface area contributed by atoms with Gasteiger partial charge < -0.3 is 4.74 Å². The Balaban J connectivity index is 2.53. The Morgan fingerprint density at radius 3 is 1.38 bits per heavy atom. The van der Waals surface area contributed by atoms with E-state index in [1.54, 1.807) is 24.3 Å². The maximum absolute atomic E-state index is 6.07. The SMILES string of the molecule is C=Cc1cccc(Oc2cccc(C=C)c2C=C)c1C=C. The second-order valence-electron chi connectivity index (χ2n) is 4.44. The molecule has 2 aromatic carbocycles. The molecular weight excluding hydrogens is 256 g/mol. The highest BCUT2D eigenvalue weighted by atomic mass is 16.5. The lowest BCUT2D eigenvalue weighted by Gasteiger charge is -2.14. The third-order valence-electron chi connectivity index (χ3n) is 3.27. The molecule has 2 aromatic rings. The van der Waals surface area contributed by atoms with E-state index in [4.69, 9.17) is 4.74 Å². The smallest absolute Gasteiger partial charge is 0.135 e. The summed E-state index contributed by atoms with van der Waals surface area (Å²) < 4.78 is 6.07. The minimum atomic E-state index is 0.742. The Kier molecular flexibility index (Phi) is 4.57. The van der Waals surface area contributed by atoms with E-state index in [2.05, 4.69) is 26.3 Å². The van der Waals surface area contributed by atoms with Crippen molar-refractivity contribution in [1.29, 1.82) is 0 Å². The number of rotatable bonds is 6. The Hall–Kier alpha value is -2.80. The van der Waals surface area contributed by atoms with Crippen LogP contribution in [0.5, 0.6) is 11.5 Å². The lowest BCUT2D eigenvalue weighted by Crippen LogP contribution is -1.93. The summed E-state index contributed by atoms with van der Waals surface area (Å²) in [5.41, 5.74) is 3.82. The summed E-state index contributed by atoms with van der Waals surface area (Å²) in [4.78, 5) is 0. The van der Waals surface area contributed by atoms with Gasteiger partial charge >= 0.3 is 0 Å². The predicted molar refractivity (Wildman–Crippen MR) is 93.3 cm³/mol. The lowest BCUT2D eigenvalue weighted by molar-refractivity contribution is 0.480. The molecule has 0 radical (unpaired) electrons. The van der Waals surface area contributed by atoms with E-state index in [9.17, 15) is 0 Å². The molecule has 0 aromatic heterocycles. The van der Waals surface area contributed by atoms with Crippen LogP contribution >= 0.6 is 0 Å². The molecule has 0 spiro atoms. The van der Waals surface area contributed by atoms with Gasteiger partial charge in [-0.2, -0.15) is 0 Å². The molecular formula is C20H18O. The molecule has 0 aliphatic carbocycles. The lowest BCUT2D eigenvalue weighted by atomic mass is 10.0. The van der Waals surface area contributed by atoms with Crippen molar-refractivity contribution >= 4 is 24.3 Å². The first-order valence-corrected chi connectivity index (χ1v) is 6.68. The molecule has 0 amide bonds. The summed E-state index contributed by atoms with van der Waals surface area (Å²) in [5, 5.41) is 0. The first-order valence-electron chi connectivity index (χ1n) is 6.68. The monoisotopic (exact) mass is 274 g/mol. The maximum Gasteiger partial charge on any atom is 0.135 e. The molecule has 0 N–H and O–H groups in total. The molecule has 0 bridgehead atoms. The van der Waals surface area contributed by atoms with Gasteiger partial charge in [-0.1, -0.05) is 74.9 Å². The number of ether oxygens (including phenoxy) is 1. The summed E-state index contributed by atoms with van der Waals surface area (Å²) >= 11 is 0. The third kappa shape index (κ3) is 2.87. The van der Waals surface area contributed by atoms with Gasteiger partial charge in [0.2, 0.25) is 0 Å². The van der Waals surface area contributed by atoms with Gasteiger partial charge in [-0.25, -0.2) is 0 Å². The quantitative estimate of drug-likeness (QED) is 0.623. The Labute approximate surface area is 126 Å². The van der Waals surface area contributed by atoms with Crippen LogP contribution in [0, 0.1) is 0 Å². The zero-order valence-electron chi connectivity index (χ0n) is 12.0. The Morgan fingerprint density at radius 1 is 0.619 bits per heavy atom. The highest BCUT2D eigenvalue weighted by Gasteiger charge is 2.09. The minimum Gasteiger partial charge on any atom is -0.456 e. The van der Waals surface area contributed by atoms with Crippen LogP contribution < -0.4 is 4.74 Å². The summed E-state index contributed by atoms with van der Waals surface area (Å²) in [5.74, 6) is 1.48. The molecule has 1 nitrogen and oxygen atoms in total. The van der Waals surface area contributed by atoms with E-state index >= 15 is 0 Å². The molecule has 104 valence electrons. The minimum absolute atomic E-state index is 0.742. The van der Waals surface area contributed by atoms with E-state index in [0.29, 0.717) is 0 Å². The first kappa shape index (κ1) is 14.6. The van der Waals surface area contributed by atoms with Gasteiger partial charge in [0.15, 0.2) is 0 Å². The van der Waals surface area contributed by atoms with Crippen LogP contribution in [-0.4, -0.2) is 0 Å². The molecule has 0 atom stereocenters. The zero-order chi connectivity index (χ0) is 15.2. The van der Waals surface area contributed by atoms with Gasteiger partial charge in [0.1, 0.15) is 11.5 Å². The van der Waals surface area contributed by atoms with Gasteiger partial charge in [-0.15, -0.1) is 0 Å². The average Bonchev–Trinajstić information content (AvgIpc) is 2.54. The largest absolute Gasteiger partial charge is 0.456 e. The van der Waals surface area contributed by atoms with E-state index in [1.807, 2.05) is 36.4 Å². The highest BCUT2D eigenvalue weighted by Crippen LogP contribution is 2.33. The second kappa shape index (κ2) is 6.58. The fraction of sp³-hybridized carbons (Fsp3) is 0.